The molecule has 52 heavy (non-hydrogen) atoms. The fourth-order valence-corrected chi connectivity index (χ4v) is 7.19. The summed E-state index contributed by atoms with van der Waals surface area (Å²) in [4.78, 5) is 18.1. The van der Waals surface area contributed by atoms with Crippen LogP contribution in [0.5, 0.6) is 0 Å². The number of nitrogens with zero attached hydrogens (tertiary/aromatic N) is 6. The first kappa shape index (κ1) is 34.7. The van der Waals surface area contributed by atoms with Crippen molar-refractivity contribution >= 4 is 57.3 Å². The van der Waals surface area contributed by atoms with E-state index in [1.165, 1.54) is 29.3 Å². The molecule has 0 radical (unpaired) electrons. The summed E-state index contributed by atoms with van der Waals surface area (Å²) in [6, 6.07) is 27.3. The minimum absolute atomic E-state index is 0.0524. The highest BCUT2D eigenvalue weighted by Crippen LogP contribution is 2.38. The molecule has 1 aliphatic heterocycles. The summed E-state index contributed by atoms with van der Waals surface area (Å²) in [6.07, 6.45) is 4.24. The lowest BCUT2D eigenvalue weighted by atomic mass is 9.92. The van der Waals surface area contributed by atoms with E-state index in [4.69, 9.17) is 23.2 Å². The zero-order chi connectivity index (χ0) is 36.4. The van der Waals surface area contributed by atoms with Crippen molar-refractivity contribution in [3.63, 3.8) is 0 Å². The maximum atomic E-state index is 13.9. The Balaban J connectivity index is 1.22. The third kappa shape index (κ3) is 7.35. The maximum Gasteiger partial charge on any atom is 0.407 e. The van der Waals surface area contributed by atoms with Crippen LogP contribution < -0.4 is 10.6 Å². The van der Waals surface area contributed by atoms with E-state index in [-0.39, 0.29) is 22.7 Å². The molecule has 0 bridgehead atoms. The average Bonchev–Trinajstić information content (AvgIpc) is 3.63. The number of aromatic nitrogens is 4. The monoisotopic (exact) mass is 734 g/mol. The molecule has 1 fully saturated rings. The molecule has 0 aliphatic carbocycles. The number of pyridine rings is 1. The van der Waals surface area contributed by atoms with Gasteiger partial charge in [0.1, 0.15) is 17.6 Å². The molecule has 3 unspecified atom stereocenters. The molecule has 1 aliphatic rings. The Morgan fingerprint density at radius 1 is 1.06 bits per heavy atom. The molecule has 262 valence electrons. The van der Waals surface area contributed by atoms with Gasteiger partial charge in [-0.05, 0) is 67.6 Å². The van der Waals surface area contributed by atoms with E-state index in [0.29, 0.717) is 64.5 Å². The third-order valence-electron chi connectivity index (χ3n) is 9.40. The van der Waals surface area contributed by atoms with E-state index < -0.39 is 18.0 Å². The zero-order valence-corrected chi connectivity index (χ0v) is 29.5. The van der Waals surface area contributed by atoms with Gasteiger partial charge in [-0.3, -0.25) is 4.98 Å². The van der Waals surface area contributed by atoms with Gasteiger partial charge in [0.05, 0.1) is 45.1 Å². The molecule has 2 aromatic heterocycles. The smallest absolute Gasteiger partial charge is 0.407 e. The van der Waals surface area contributed by atoms with Gasteiger partial charge in [-0.1, -0.05) is 88.6 Å². The molecule has 13 heteroatoms. The number of rotatable bonds is 9. The summed E-state index contributed by atoms with van der Waals surface area (Å²) < 4.78 is 15.8. The van der Waals surface area contributed by atoms with E-state index in [2.05, 4.69) is 32.0 Å². The molecule has 3 N–H and O–H groups in total. The van der Waals surface area contributed by atoms with Crippen LogP contribution in [0.4, 0.5) is 26.2 Å². The average molecular weight is 736 g/mol. The minimum atomic E-state index is -0.923. The number of hydrogen-bond donors (Lipinski definition) is 3. The summed E-state index contributed by atoms with van der Waals surface area (Å²) in [5.74, 6) is -0.557. The van der Waals surface area contributed by atoms with Crippen LogP contribution in [0.25, 0.3) is 10.9 Å². The highest BCUT2D eigenvalue weighted by Gasteiger charge is 2.33. The second-order valence-corrected chi connectivity index (χ2v) is 13.7. The van der Waals surface area contributed by atoms with Crippen molar-refractivity contribution in [3.05, 3.63) is 141 Å². The van der Waals surface area contributed by atoms with Crippen LogP contribution in [0, 0.1) is 24.1 Å². The van der Waals surface area contributed by atoms with Crippen molar-refractivity contribution in [2.45, 2.75) is 44.3 Å². The first-order valence-corrected chi connectivity index (χ1v) is 17.4. The Bertz CT molecular complexity index is 2290. The second kappa shape index (κ2) is 14.9. The van der Waals surface area contributed by atoms with Gasteiger partial charge >= 0.3 is 6.09 Å². The number of carbonyl (C=O) groups is 1. The Labute approximate surface area is 309 Å². The van der Waals surface area contributed by atoms with Crippen LogP contribution in [-0.4, -0.2) is 48.7 Å². The van der Waals surface area contributed by atoms with Crippen molar-refractivity contribution in [1.82, 2.24) is 24.9 Å². The van der Waals surface area contributed by atoms with Gasteiger partial charge < -0.3 is 20.6 Å². The molecule has 4 aromatic carbocycles. The SMILES string of the molecule is Cc1ccc(C(Nc2cc(Cl)c3ncc(C#N)c(Nc4ccc(F)c(Cl)c4)c3c2)c2cn(C3CCN(C(=O)O)C(Cc4ccccc4)C3)nn2)cc1. The number of nitriles is 1. The first-order chi connectivity index (χ1) is 25.2. The van der Waals surface area contributed by atoms with Gasteiger partial charge in [-0.2, -0.15) is 5.26 Å². The summed E-state index contributed by atoms with van der Waals surface area (Å²) in [7, 11) is 0. The number of anilines is 3. The molecular formula is C39H33Cl2FN8O2. The fourth-order valence-electron chi connectivity index (χ4n) is 6.74. The summed E-state index contributed by atoms with van der Waals surface area (Å²) >= 11 is 12.9. The van der Waals surface area contributed by atoms with E-state index >= 15 is 0 Å². The molecule has 3 heterocycles. The lowest BCUT2D eigenvalue weighted by molar-refractivity contribution is 0.0887. The fraction of sp³-hybridized carbons (Fsp3) is 0.205. The number of fused-ring (bicyclic) bond motifs is 1. The quantitative estimate of drug-likeness (QED) is 0.134. The number of hydrogen-bond acceptors (Lipinski definition) is 7. The maximum absolute atomic E-state index is 13.9. The zero-order valence-electron chi connectivity index (χ0n) is 28.0. The van der Waals surface area contributed by atoms with Crippen LogP contribution in [0.1, 0.15) is 52.9 Å². The topological polar surface area (TPSA) is 132 Å². The first-order valence-electron chi connectivity index (χ1n) is 16.7. The van der Waals surface area contributed by atoms with E-state index in [0.717, 1.165) is 16.7 Å². The predicted octanol–water partition coefficient (Wildman–Crippen LogP) is 9.32. The van der Waals surface area contributed by atoms with Crippen molar-refractivity contribution in [2.24, 2.45) is 0 Å². The summed E-state index contributed by atoms with van der Waals surface area (Å²) in [5, 5.41) is 36.8. The van der Waals surface area contributed by atoms with Gasteiger partial charge in [0, 0.05) is 35.5 Å². The van der Waals surface area contributed by atoms with Crippen LogP contribution in [-0.2, 0) is 6.42 Å². The molecule has 1 amide bonds. The molecule has 1 saturated heterocycles. The van der Waals surface area contributed by atoms with Crippen molar-refractivity contribution < 1.29 is 14.3 Å². The summed E-state index contributed by atoms with van der Waals surface area (Å²) in [6.45, 7) is 2.41. The van der Waals surface area contributed by atoms with Gasteiger partial charge in [0.2, 0.25) is 0 Å². The molecule has 0 spiro atoms. The minimum Gasteiger partial charge on any atom is -0.465 e. The molecule has 3 atom stereocenters. The van der Waals surface area contributed by atoms with Crippen molar-refractivity contribution in [3.8, 4) is 6.07 Å². The van der Waals surface area contributed by atoms with Crippen LogP contribution >= 0.6 is 23.2 Å². The molecule has 7 rings (SSSR count). The predicted molar refractivity (Wildman–Crippen MR) is 200 cm³/mol. The van der Waals surface area contributed by atoms with Crippen LogP contribution in [0.3, 0.4) is 0 Å². The van der Waals surface area contributed by atoms with Gasteiger partial charge in [-0.15, -0.1) is 5.10 Å². The van der Waals surface area contributed by atoms with Gasteiger partial charge in [0.25, 0.3) is 0 Å². The Morgan fingerprint density at radius 3 is 2.56 bits per heavy atom. The standard InChI is InChI=1S/C39H33Cl2FN8O2/c1-23-7-9-25(10-8-23)37(35-22-50(48-47-35)29-13-14-49(39(51)52)30(19-29)15-24-5-3-2-4-6-24)46-28-16-31-36(45-27-11-12-34(42)32(40)17-27)26(20-43)21-44-38(31)33(41)18-28/h2-12,16-18,21-22,29-30,37,46H,13-15,19H2,1H3,(H,44,45)(H,51,52). The number of halogens is 3. The lowest BCUT2D eigenvalue weighted by Gasteiger charge is -2.37. The van der Waals surface area contributed by atoms with Crippen molar-refractivity contribution in [1.29, 1.82) is 5.26 Å². The third-order valence-corrected chi connectivity index (χ3v) is 9.98. The molecule has 6 aromatic rings. The van der Waals surface area contributed by atoms with Crippen LogP contribution in [0.15, 0.2) is 97.3 Å². The van der Waals surface area contributed by atoms with Gasteiger partial charge in [-0.25, -0.2) is 13.9 Å². The molecular weight excluding hydrogens is 702 g/mol. The van der Waals surface area contributed by atoms with Crippen molar-refractivity contribution in [2.75, 3.05) is 17.2 Å². The largest absolute Gasteiger partial charge is 0.465 e. The Morgan fingerprint density at radius 2 is 1.83 bits per heavy atom. The summed E-state index contributed by atoms with van der Waals surface area (Å²) in [5.41, 5.74) is 6.05. The highest BCUT2D eigenvalue weighted by molar-refractivity contribution is 6.36. The number of piperidine rings is 1. The van der Waals surface area contributed by atoms with E-state index in [9.17, 15) is 19.6 Å². The highest BCUT2D eigenvalue weighted by atomic mass is 35.5. The Kier molecular flexibility index (Phi) is 9.94. The molecule has 10 nitrogen and oxygen atoms in total. The number of carboxylic acid groups (broad SMARTS) is 1. The normalized spacial score (nSPS) is 16.3. The number of nitrogens with one attached hydrogen (secondary N) is 2. The lowest BCUT2D eigenvalue weighted by Crippen LogP contribution is -2.47. The Hall–Kier alpha value is -5.70. The number of aryl methyl sites for hydroxylation is 1. The van der Waals surface area contributed by atoms with Crippen LogP contribution in [0.2, 0.25) is 10.0 Å². The molecule has 0 saturated carbocycles. The van der Waals surface area contributed by atoms with E-state index in [1.54, 1.807) is 6.07 Å². The van der Waals surface area contributed by atoms with Gasteiger partial charge in [0.15, 0.2) is 0 Å². The van der Waals surface area contributed by atoms with E-state index in [1.807, 2.05) is 78.5 Å². The number of benzene rings is 4. The number of likely N-dealkylation sites (tertiary alicyclic amines) is 1. The number of amides is 1. The second-order valence-electron chi connectivity index (χ2n) is 12.9.